The number of aryl methyl sites for hydroxylation is 2. The van der Waals surface area contributed by atoms with Crippen molar-refractivity contribution >= 4 is 5.95 Å². The molecule has 5 heteroatoms. The number of rotatable bonds is 9. The van der Waals surface area contributed by atoms with Crippen LogP contribution in [-0.4, -0.2) is 42.0 Å². The largest absolute Gasteiger partial charge is 0.382 e. The Morgan fingerprint density at radius 2 is 2.45 bits per heavy atom. The third kappa shape index (κ3) is 4.80. The SMILES string of the molecule is CCOCCCn1cc(C)nc1NCCC1CCCO1. The van der Waals surface area contributed by atoms with Gasteiger partial charge in [-0.2, -0.15) is 0 Å². The van der Waals surface area contributed by atoms with E-state index in [0.29, 0.717) is 6.10 Å². The molecule has 114 valence electrons. The molecule has 1 aliphatic heterocycles. The zero-order chi connectivity index (χ0) is 14.2. The van der Waals surface area contributed by atoms with Gasteiger partial charge in [0.25, 0.3) is 0 Å². The minimum atomic E-state index is 0.435. The van der Waals surface area contributed by atoms with Crippen LogP contribution in [0.5, 0.6) is 0 Å². The van der Waals surface area contributed by atoms with Crippen LogP contribution >= 0.6 is 0 Å². The Morgan fingerprint density at radius 1 is 1.55 bits per heavy atom. The summed E-state index contributed by atoms with van der Waals surface area (Å²) in [6.45, 7) is 8.45. The van der Waals surface area contributed by atoms with Crippen molar-refractivity contribution in [2.24, 2.45) is 0 Å². The second-order valence-electron chi connectivity index (χ2n) is 5.30. The third-order valence-corrected chi connectivity index (χ3v) is 3.56. The quantitative estimate of drug-likeness (QED) is 0.707. The van der Waals surface area contributed by atoms with Crippen molar-refractivity contribution in [1.82, 2.24) is 9.55 Å². The van der Waals surface area contributed by atoms with Crippen LogP contribution in [0.15, 0.2) is 6.20 Å². The Balaban J connectivity index is 1.74. The molecule has 2 heterocycles. The minimum absolute atomic E-state index is 0.435. The number of aromatic nitrogens is 2. The molecule has 20 heavy (non-hydrogen) atoms. The van der Waals surface area contributed by atoms with Crippen molar-refractivity contribution in [2.45, 2.75) is 52.2 Å². The third-order valence-electron chi connectivity index (χ3n) is 3.56. The summed E-state index contributed by atoms with van der Waals surface area (Å²) in [6, 6.07) is 0. The highest BCUT2D eigenvalue weighted by Gasteiger charge is 2.15. The maximum absolute atomic E-state index is 5.63. The van der Waals surface area contributed by atoms with E-state index < -0.39 is 0 Å². The molecule has 0 amide bonds. The molecule has 1 saturated heterocycles. The van der Waals surface area contributed by atoms with Crippen LogP contribution in [-0.2, 0) is 16.0 Å². The maximum atomic E-state index is 5.63. The minimum Gasteiger partial charge on any atom is -0.382 e. The summed E-state index contributed by atoms with van der Waals surface area (Å²) in [7, 11) is 0. The average Bonchev–Trinajstić information content (AvgIpc) is 3.05. The summed E-state index contributed by atoms with van der Waals surface area (Å²) < 4.78 is 13.2. The Labute approximate surface area is 121 Å². The van der Waals surface area contributed by atoms with E-state index in [1.807, 2.05) is 13.8 Å². The van der Waals surface area contributed by atoms with Crippen LogP contribution in [0.2, 0.25) is 0 Å². The van der Waals surface area contributed by atoms with E-state index in [0.717, 1.165) is 57.4 Å². The van der Waals surface area contributed by atoms with E-state index in [-0.39, 0.29) is 0 Å². The molecule has 0 bridgehead atoms. The Morgan fingerprint density at radius 3 is 3.20 bits per heavy atom. The zero-order valence-electron chi connectivity index (χ0n) is 12.7. The van der Waals surface area contributed by atoms with E-state index in [2.05, 4.69) is 21.1 Å². The van der Waals surface area contributed by atoms with Crippen LogP contribution < -0.4 is 5.32 Å². The van der Waals surface area contributed by atoms with Crippen molar-refractivity contribution in [3.05, 3.63) is 11.9 Å². The summed E-state index contributed by atoms with van der Waals surface area (Å²) in [5, 5.41) is 3.43. The maximum Gasteiger partial charge on any atom is 0.203 e. The second kappa shape index (κ2) is 8.27. The standard InChI is InChI=1S/C15H27N3O2/c1-3-19-10-5-9-18-12-13(2)17-15(18)16-8-7-14-6-4-11-20-14/h12,14H,3-11H2,1-2H3,(H,16,17). The van der Waals surface area contributed by atoms with Crippen molar-refractivity contribution in [2.75, 3.05) is 31.7 Å². The van der Waals surface area contributed by atoms with Crippen molar-refractivity contribution in [3.63, 3.8) is 0 Å². The van der Waals surface area contributed by atoms with Gasteiger partial charge in [0.15, 0.2) is 0 Å². The van der Waals surface area contributed by atoms with E-state index in [4.69, 9.17) is 9.47 Å². The Hall–Kier alpha value is -1.07. The number of hydrogen-bond acceptors (Lipinski definition) is 4. The van der Waals surface area contributed by atoms with E-state index >= 15 is 0 Å². The number of nitrogens with one attached hydrogen (secondary N) is 1. The molecule has 1 aliphatic rings. The highest BCUT2D eigenvalue weighted by Crippen LogP contribution is 2.16. The molecular weight excluding hydrogens is 254 g/mol. The summed E-state index contributed by atoms with van der Waals surface area (Å²) in [4.78, 5) is 4.54. The highest BCUT2D eigenvalue weighted by atomic mass is 16.5. The molecule has 0 aromatic carbocycles. The Kier molecular flexibility index (Phi) is 6.33. The van der Waals surface area contributed by atoms with Crippen LogP contribution in [0.4, 0.5) is 5.95 Å². The van der Waals surface area contributed by atoms with Gasteiger partial charge in [0.05, 0.1) is 11.8 Å². The van der Waals surface area contributed by atoms with Crippen LogP contribution in [0.25, 0.3) is 0 Å². The van der Waals surface area contributed by atoms with Gasteiger partial charge in [0, 0.05) is 39.1 Å². The van der Waals surface area contributed by atoms with Crippen molar-refractivity contribution < 1.29 is 9.47 Å². The van der Waals surface area contributed by atoms with E-state index in [1.165, 1.54) is 12.8 Å². The van der Waals surface area contributed by atoms with Crippen LogP contribution in [0, 0.1) is 6.92 Å². The molecule has 1 fully saturated rings. The summed E-state index contributed by atoms with van der Waals surface area (Å²) >= 11 is 0. The highest BCUT2D eigenvalue weighted by molar-refractivity contribution is 5.28. The number of imidazole rings is 1. The monoisotopic (exact) mass is 281 g/mol. The lowest BCUT2D eigenvalue weighted by atomic mass is 10.2. The first-order chi connectivity index (χ1) is 9.79. The van der Waals surface area contributed by atoms with Gasteiger partial charge < -0.3 is 19.4 Å². The first-order valence-electron chi connectivity index (χ1n) is 7.76. The summed E-state index contributed by atoms with van der Waals surface area (Å²) in [6.07, 6.45) is 7.01. The molecule has 2 rings (SSSR count). The van der Waals surface area contributed by atoms with Crippen LogP contribution in [0.3, 0.4) is 0 Å². The molecule has 0 aliphatic carbocycles. The van der Waals surface area contributed by atoms with Gasteiger partial charge in [0.1, 0.15) is 0 Å². The fraction of sp³-hybridized carbons (Fsp3) is 0.800. The fourth-order valence-electron chi connectivity index (χ4n) is 2.56. The van der Waals surface area contributed by atoms with Gasteiger partial charge in [0.2, 0.25) is 5.95 Å². The summed E-state index contributed by atoms with van der Waals surface area (Å²) in [5.41, 5.74) is 1.06. The molecule has 1 aromatic heterocycles. The van der Waals surface area contributed by atoms with Gasteiger partial charge in [-0.25, -0.2) is 4.98 Å². The van der Waals surface area contributed by atoms with Gasteiger partial charge >= 0.3 is 0 Å². The predicted molar refractivity (Wildman–Crippen MR) is 80.2 cm³/mol. The summed E-state index contributed by atoms with van der Waals surface area (Å²) in [5.74, 6) is 0.969. The van der Waals surface area contributed by atoms with Crippen LogP contribution in [0.1, 0.15) is 38.3 Å². The lowest BCUT2D eigenvalue weighted by Gasteiger charge is -2.12. The lowest BCUT2D eigenvalue weighted by Crippen LogP contribution is -2.15. The van der Waals surface area contributed by atoms with E-state index in [1.54, 1.807) is 0 Å². The molecule has 5 nitrogen and oxygen atoms in total. The zero-order valence-corrected chi connectivity index (χ0v) is 12.7. The predicted octanol–water partition coefficient (Wildman–Crippen LogP) is 2.60. The Bertz CT molecular complexity index is 386. The lowest BCUT2D eigenvalue weighted by molar-refractivity contribution is 0.107. The molecule has 0 saturated carbocycles. The number of ether oxygens (including phenoxy) is 2. The van der Waals surface area contributed by atoms with E-state index in [9.17, 15) is 0 Å². The number of nitrogens with zero attached hydrogens (tertiary/aromatic N) is 2. The molecule has 1 aromatic rings. The van der Waals surface area contributed by atoms with Crippen molar-refractivity contribution in [3.8, 4) is 0 Å². The van der Waals surface area contributed by atoms with Gasteiger partial charge in [-0.05, 0) is 39.5 Å². The molecule has 1 unspecified atom stereocenters. The first-order valence-corrected chi connectivity index (χ1v) is 7.76. The average molecular weight is 281 g/mol. The molecule has 1 N–H and O–H groups in total. The number of hydrogen-bond donors (Lipinski definition) is 1. The smallest absolute Gasteiger partial charge is 0.203 e. The molecule has 0 radical (unpaired) electrons. The van der Waals surface area contributed by atoms with Gasteiger partial charge in [-0.1, -0.05) is 0 Å². The first kappa shape index (κ1) is 15.3. The number of anilines is 1. The van der Waals surface area contributed by atoms with Crippen molar-refractivity contribution in [1.29, 1.82) is 0 Å². The van der Waals surface area contributed by atoms with Gasteiger partial charge in [-0.15, -0.1) is 0 Å². The van der Waals surface area contributed by atoms with Gasteiger partial charge in [-0.3, -0.25) is 0 Å². The second-order valence-corrected chi connectivity index (χ2v) is 5.30. The molecule has 0 spiro atoms. The normalized spacial score (nSPS) is 18.6. The molecular formula is C15H27N3O2. The molecule has 1 atom stereocenters. The fourth-order valence-corrected chi connectivity index (χ4v) is 2.56. The topological polar surface area (TPSA) is 48.3 Å².